The molecular formula is C21H24ClFN2O3. The fraction of sp³-hybridized carbons (Fsp3) is 0.333. The zero-order valence-corrected chi connectivity index (χ0v) is 16.7. The lowest BCUT2D eigenvalue weighted by molar-refractivity contribution is -0.142. The van der Waals surface area contributed by atoms with Crippen molar-refractivity contribution in [2.24, 2.45) is 0 Å². The molecule has 2 aromatic rings. The van der Waals surface area contributed by atoms with Crippen LogP contribution in [0, 0.1) is 5.82 Å². The molecule has 0 fully saturated rings. The van der Waals surface area contributed by atoms with E-state index >= 15 is 0 Å². The molecule has 0 heterocycles. The summed E-state index contributed by atoms with van der Waals surface area (Å²) in [5.74, 6) is -0.719. The number of hydrogen-bond acceptors (Lipinski definition) is 3. The molecule has 0 aliphatic rings. The highest BCUT2D eigenvalue weighted by atomic mass is 35.5. The van der Waals surface area contributed by atoms with E-state index in [1.165, 1.54) is 11.0 Å². The van der Waals surface area contributed by atoms with Crippen molar-refractivity contribution in [1.82, 2.24) is 10.2 Å². The van der Waals surface area contributed by atoms with Gasteiger partial charge < -0.3 is 15.0 Å². The maximum absolute atomic E-state index is 14.1. The van der Waals surface area contributed by atoms with Crippen LogP contribution in [0.4, 0.5) is 4.39 Å². The van der Waals surface area contributed by atoms with Gasteiger partial charge in [0.25, 0.3) is 5.91 Å². The summed E-state index contributed by atoms with van der Waals surface area (Å²) < 4.78 is 19.6. The number of carbonyl (C=O) groups is 2. The van der Waals surface area contributed by atoms with Crippen LogP contribution in [-0.4, -0.2) is 35.9 Å². The lowest BCUT2D eigenvalue weighted by Gasteiger charge is -2.28. The van der Waals surface area contributed by atoms with Gasteiger partial charge in [0, 0.05) is 23.7 Å². The quantitative estimate of drug-likeness (QED) is 0.689. The topological polar surface area (TPSA) is 58.6 Å². The Bertz CT molecular complexity index is 816. The second-order valence-corrected chi connectivity index (χ2v) is 6.76. The molecular weight excluding hydrogens is 383 g/mol. The zero-order chi connectivity index (χ0) is 20.5. The molecule has 5 nitrogen and oxygen atoms in total. The number of hydrogen-bond donors (Lipinski definition) is 1. The number of halogens is 2. The molecule has 1 atom stereocenters. The molecule has 0 saturated heterocycles. The van der Waals surface area contributed by atoms with E-state index in [0.29, 0.717) is 22.9 Å². The molecule has 0 radical (unpaired) electrons. The van der Waals surface area contributed by atoms with Crippen molar-refractivity contribution < 1.29 is 18.7 Å². The van der Waals surface area contributed by atoms with E-state index in [1.54, 1.807) is 49.4 Å². The highest BCUT2D eigenvalue weighted by Gasteiger charge is 2.27. The Balaban J connectivity index is 2.14. The van der Waals surface area contributed by atoms with Gasteiger partial charge in [-0.2, -0.15) is 0 Å². The summed E-state index contributed by atoms with van der Waals surface area (Å²) in [6.45, 7) is 3.73. The van der Waals surface area contributed by atoms with Gasteiger partial charge >= 0.3 is 0 Å². The third kappa shape index (κ3) is 6.23. The van der Waals surface area contributed by atoms with Crippen LogP contribution in [0.5, 0.6) is 5.75 Å². The fourth-order valence-electron chi connectivity index (χ4n) is 2.57. The monoisotopic (exact) mass is 406 g/mol. The van der Waals surface area contributed by atoms with Crippen LogP contribution in [0.2, 0.25) is 5.02 Å². The number of nitrogens with zero attached hydrogens (tertiary/aromatic N) is 1. The Hall–Kier alpha value is -2.60. The first kappa shape index (κ1) is 21.7. The van der Waals surface area contributed by atoms with Crippen molar-refractivity contribution in [2.75, 3.05) is 13.2 Å². The molecule has 150 valence electrons. The van der Waals surface area contributed by atoms with Crippen LogP contribution in [-0.2, 0) is 16.1 Å². The lowest BCUT2D eigenvalue weighted by atomic mass is 10.1. The van der Waals surface area contributed by atoms with Crippen molar-refractivity contribution in [3.05, 3.63) is 64.9 Å². The summed E-state index contributed by atoms with van der Waals surface area (Å²) in [4.78, 5) is 26.5. The Morgan fingerprint density at radius 2 is 1.96 bits per heavy atom. The van der Waals surface area contributed by atoms with Gasteiger partial charge in [0.2, 0.25) is 5.91 Å². The third-order valence-electron chi connectivity index (χ3n) is 4.17. The molecule has 28 heavy (non-hydrogen) atoms. The number of rotatable bonds is 9. The summed E-state index contributed by atoms with van der Waals surface area (Å²) in [6, 6.07) is 12.1. The molecule has 0 bridgehead atoms. The number of ether oxygens (including phenoxy) is 1. The molecule has 0 aliphatic carbocycles. The standard InChI is InChI=1S/C21H24ClFN2O3/c1-3-11-24-21(27)15(2)25(13-16-7-4-5-10-19(16)23)20(26)14-28-18-9-6-8-17(22)12-18/h4-10,12,15H,3,11,13-14H2,1-2H3,(H,24,27). The molecule has 1 unspecified atom stereocenters. The van der Waals surface area contributed by atoms with Gasteiger partial charge in [0.15, 0.2) is 6.61 Å². The van der Waals surface area contributed by atoms with E-state index in [0.717, 1.165) is 6.42 Å². The first-order valence-electron chi connectivity index (χ1n) is 9.11. The highest BCUT2D eigenvalue weighted by Crippen LogP contribution is 2.18. The van der Waals surface area contributed by atoms with Crippen molar-refractivity contribution in [3.8, 4) is 5.75 Å². The van der Waals surface area contributed by atoms with Gasteiger partial charge in [-0.15, -0.1) is 0 Å². The molecule has 0 aromatic heterocycles. The second-order valence-electron chi connectivity index (χ2n) is 6.33. The van der Waals surface area contributed by atoms with Crippen LogP contribution >= 0.6 is 11.6 Å². The largest absolute Gasteiger partial charge is 0.484 e. The van der Waals surface area contributed by atoms with Gasteiger partial charge in [-0.25, -0.2) is 4.39 Å². The van der Waals surface area contributed by atoms with Crippen molar-refractivity contribution >= 4 is 23.4 Å². The van der Waals surface area contributed by atoms with Crippen LogP contribution in [0.1, 0.15) is 25.8 Å². The predicted molar refractivity (Wildman–Crippen MR) is 107 cm³/mol. The van der Waals surface area contributed by atoms with Gasteiger partial charge in [0.1, 0.15) is 17.6 Å². The van der Waals surface area contributed by atoms with Gasteiger partial charge in [-0.05, 0) is 37.6 Å². The minimum absolute atomic E-state index is 0.0366. The van der Waals surface area contributed by atoms with E-state index in [2.05, 4.69) is 5.32 Å². The smallest absolute Gasteiger partial charge is 0.261 e. The Kier molecular flexibility index (Phi) is 8.26. The van der Waals surface area contributed by atoms with Crippen molar-refractivity contribution in [1.29, 1.82) is 0 Å². The maximum atomic E-state index is 14.1. The molecule has 0 aliphatic heterocycles. The zero-order valence-electron chi connectivity index (χ0n) is 16.0. The Morgan fingerprint density at radius 1 is 1.21 bits per heavy atom. The van der Waals surface area contributed by atoms with Crippen LogP contribution in [0.3, 0.4) is 0 Å². The average molecular weight is 407 g/mol. The van der Waals surface area contributed by atoms with E-state index in [4.69, 9.17) is 16.3 Å². The van der Waals surface area contributed by atoms with E-state index in [-0.39, 0.29) is 19.1 Å². The van der Waals surface area contributed by atoms with E-state index < -0.39 is 17.8 Å². The summed E-state index contributed by atoms with van der Waals surface area (Å²) in [5.41, 5.74) is 0.328. The van der Waals surface area contributed by atoms with Crippen LogP contribution in [0.15, 0.2) is 48.5 Å². The van der Waals surface area contributed by atoms with Gasteiger partial charge in [-0.1, -0.05) is 42.8 Å². The summed E-state index contributed by atoms with van der Waals surface area (Å²) in [5, 5.41) is 3.25. The number of carbonyl (C=O) groups excluding carboxylic acids is 2. The average Bonchev–Trinajstić information content (AvgIpc) is 2.69. The molecule has 0 spiro atoms. The first-order valence-corrected chi connectivity index (χ1v) is 9.49. The molecule has 2 aromatic carbocycles. The Morgan fingerprint density at radius 3 is 2.64 bits per heavy atom. The normalized spacial score (nSPS) is 11.6. The maximum Gasteiger partial charge on any atom is 0.261 e. The molecule has 2 rings (SSSR count). The van der Waals surface area contributed by atoms with E-state index in [1.807, 2.05) is 6.92 Å². The first-order chi connectivity index (χ1) is 13.4. The van der Waals surface area contributed by atoms with Crippen LogP contribution < -0.4 is 10.1 Å². The minimum Gasteiger partial charge on any atom is -0.484 e. The van der Waals surface area contributed by atoms with Gasteiger partial charge in [-0.3, -0.25) is 9.59 Å². The fourth-order valence-corrected chi connectivity index (χ4v) is 2.75. The molecule has 0 saturated carbocycles. The lowest BCUT2D eigenvalue weighted by Crippen LogP contribution is -2.49. The second kappa shape index (κ2) is 10.7. The summed E-state index contributed by atoms with van der Waals surface area (Å²) in [6.07, 6.45) is 0.775. The SMILES string of the molecule is CCCNC(=O)C(C)N(Cc1ccccc1F)C(=O)COc1cccc(Cl)c1. The molecule has 1 N–H and O–H groups in total. The van der Waals surface area contributed by atoms with Crippen molar-refractivity contribution in [3.63, 3.8) is 0 Å². The number of benzene rings is 2. The molecule has 7 heteroatoms. The summed E-state index contributed by atoms with van der Waals surface area (Å²) >= 11 is 5.92. The van der Waals surface area contributed by atoms with Gasteiger partial charge in [0.05, 0.1) is 0 Å². The highest BCUT2D eigenvalue weighted by molar-refractivity contribution is 6.30. The summed E-state index contributed by atoms with van der Waals surface area (Å²) in [7, 11) is 0. The van der Waals surface area contributed by atoms with Crippen molar-refractivity contribution in [2.45, 2.75) is 32.9 Å². The van der Waals surface area contributed by atoms with E-state index in [9.17, 15) is 14.0 Å². The number of amides is 2. The predicted octanol–water partition coefficient (Wildman–Crippen LogP) is 3.80. The molecule has 2 amide bonds. The minimum atomic E-state index is -0.776. The number of nitrogens with one attached hydrogen (secondary N) is 1. The Labute approximate surface area is 169 Å². The third-order valence-corrected chi connectivity index (χ3v) is 4.41. The van der Waals surface area contributed by atoms with Crippen LogP contribution in [0.25, 0.3) is 0 Å².